The number of imidazole rings is 1. The monoisotopic (exact) mass is 374 g/mol. The molecular formula is C23H26N4O. The number of benzene rings is 2. The van der Waals surface area contributed by atoms with Crippen molar-refractivity contribution in [1.82, 2.24) is 14.9 Å². The molecule has 1 atom stereocenters. The highest BCUT2D eigenvalue weighted by Gasteiger charge is 2.11. The summed E-state index contributed by atoms with van der Waals surface area (Å²) in [7, 11) is 2.13. The van der Waals surface area contributed by atoms with Gasteiger partial charge >= 0.3 is 0 Å². The summed E-state index contributed by atoms with van der Waals surface area (Å²) in [5.74, 6) is 2.60. The molecule has 5 nitrogen and oxygen atoms in total. The molecule has 4 rings (SSSR count). The Morgan fingerprint density at radius 3 is 2.64 bits per heavy atom. The smallest absolute Gasteiger partial charge is 0.129 e. The summed E-state index contributed by atoms with van der Waals surface area (Å²) in [6, 6.07) is 14.7. The minimum Gasteiger partial charge on any atom is -0.457 e. The van der Waals surface area contributed by atoms with Crippen molar-refractivity contribution in [1.29, 1.82) is 0 Å². The second kappa shape index (κ2) is 7.98. The number of fused-ring (bicyclic) bond motifs is 1. The van der Waals surface area contributed by atoms with Gasteiger partial charge in [0.1, 0.15) is 17.3 Å². The van der Waals surface area contributed by atoms with Gasteiger partial charge in [0.05, 0.1) is 24.1 Å². The lowest BCUT2D eigenvalue weighted by molar-refractivity contribution is 0.239. The molecule has 1 aliphatic rings. The number of aliphatic imine (C=N–C) groups is 1. The van der Waals surface area contributed by atoms with Crippen LogP contribution in [0.2, 0.25) is 0 Å². The van der Waals surface area contributed by atoms with Gasteiger partial charge < -0.3 is 9.72 Å². The van der Waals surface area contributed by atoms with Crippen molar-refractivity contribution in [2.24, 2.45) is 4.99 Å². The number of hydrogen-bond acceptors (Lipinski definition) is 4. The Morgan fingerprint density at radius 2 is 1.93 bits per heavy atom. The predicted molar refractivity (Wildman–Crippen MR) is 115 cm³/mol. The van der Waals surface area contributed by atoms with Gasteiger partial charge in [0.15, 0.2) is 0 Å². The molecule has 2 aromatic carbocycles. The molecule has 2 heterocycles. The van der Waals surface area contributed by atoms with Gasteiger partial charge in [0.2, 0.25) is 0 Å². The zero-order chi connectivity index (χ0) is 19.5. The zero-order valence-corrected chi connectivity index (χ0v) is 16.6. The third-order valence-electron chi connectivity index (χ3n) is 5.35. The van der Waals surface area contributed by atoms with E-state index in [4.69, 9.17) is 9.72 Å². The van der Waals surface area contributed by atoms with E-state index in [0.29, 0.717) is 6.04 Å². The molecule has 3 aromatic rings. The van der Waals surface area contributed by atoms with Gasteiger partial charge in [-0.1, -0.05) is 19.1 Å². The van der Waals surface area contributed by atoms with E-state index in [1.165, 1.54) is 11.1 Å². The number of rotatable bonds is 7. The highest BCUT2D eigenvalue weighted by atomic mass is 16.5. The van der Waals surface area contributed by atoms with Gasteiger partial charge in [-0.15, -0.1) is 0 Å². The fourth-order valence-electron chi connectivity index (χ4n) is 3.29. The number of nitrogens with zero attached hydrogens (tertiary/aromatic N) is 3. The van der Waals surface area contributed by atoms with Crippen molar-refractivity contribution in [3.8, 4) is 11.5 Å². The number of hydrogen-bond donors (Lipinski definition) is 1. The molecule has 1 aromatic heterocycles. The Bertz CT molecular complexity index is 1020. The second-order valence-corrected chi connectivity index (χ2v) is 7.34. The van der Waals surface area contributed by atoms with Crippen molar-refractivity contribution in [2.75, 3.05) is 13.6 Å². The number of aromatic amines is 1. The molecule has 0 fully saturated rings. The standard InChI is InChI=1S/C23H26N4O/c1-4-16(2)27(3)15-23-25-21-10-9-20(13-22(21)26-23)28-19-7-5-17(6-8-19)18-11-12-24-14-18/h5-13,16H,4,14-15H2,1-3H3,(H,25,26). The van der Waals surface area contributed by atoms with Crippen LogP contribution >= 0.6 is 0 Å². The molecule has 1 aliphatic heterocycles. The first-order valence-corrected chi connectivity index (χ1v) is 9.78. The SMILES string of the molecule is CCC(C)N(C)Cc1nc2ccc(Oc3ccc(C4=CC=NC4)cc3)cc2[nH]1. The average Bonchev–Trinajstić information content (AvgIpc) is 3.37. The number of nitrogens with one attached hydrogen (secondary N) is 1. The quantitative estimate of drug-likeness (QED) is 0.629. The van der Waals surface area contributed by atoms with Gasteiger partial charge in [-0.2, -0.15) is 0 Å². The van der Waals surface area contributed by atoms with Crippen LogP contribution in [0.5, 0.6) is 11.5 Å². The molecular weight excluding hydrogens is 348 g/mol. The average molecular weight is 374 g/mol. The van der Waals surface area contributed by atoms with Crippen LogP contribution in [0.4, 0.5) is 0 Å². The molecule has 1 unspecified atom stereocenters. The normalized spacial score (nSPS) is 14.6. The largest absolute Gasteiger partial charge is 0.457 e. The fourth-order valence-corrected chi connectivity index (χ4v) is 3.29. The zero-order valence-electron chi connectivity index (χ0n) is 16.6. The molecule has 0 aliphatic carbocycles. The maximum Gasteiger partial charge on any atom is 0.129 e. The molecule has 0 amide bonds. The van der Waals surface area contributed by atoms with Crippen molar-refractivity contribution in [3.05, 3.63) is 59.9 Å². The van der Waals surface area contributed by atoms with Gasteiger partial charge in [-0.25, -0.2) is 4.98 Å². The molecule has 0 saturated heterocycles. The van der Waals surface area contributed by atoms with Gasteiger partial charge in [-0.05, 0) is 61.9 Å². The molecule has 28 heavy (non-hydrogen) atoms. The van der Waals surface area contributed by atoms with E-state index in [9.17, 15) is 0 Å². The molecule has 0 bridgehead atoms. The highest BCUT2D eigenvalue weighted by Crippen LogP contribution is 2.27. The topological polar surface area (TPSA) is 53.5 Å². The van der Waals surface area contributed by atoms with Crippen LogP contribution in [-0.4, -0.2) is 40.7 Å². The van der Waals surface area contributed by atoms with E-state index in [-0.39, 0.29) is 0 Å². The van der Waals surface area contributed by atoms with Crippen LogP contribution in [0.15, 0.2) is 53.5 Å². The Balaban J connectivity index is 1.47. The number of aromatic nitrogens is 2. The van der Waals surface area contributed by atoms with Gasteiger partial charge in [0.25, 0.3) is 0 Å². The maximum absolute atomic E-state index is 6.04. The molecule has 0 spiro atoms. The Hall–Kier alpha value is -2.92. The lowest BCUT2D eigenvalue weighted by Crippen LogP contribution is -2.28. The van der Waals surface area contributed by atoms with E-state index < -0.39 is 0 Å². The molecule has 0 saturated carbocycles. The molecule has 0 radical (unpaired) electrons. The predicted octanol–water partition coefficient (Wildman–Crippen LogP) is 5.05. The molecule has 1 N–H and O–H groups in total. The van der Waals surface area contributed by atoms with E-state index in [1.807, 2.05) is 36.5 Å². The van der Waals surface area contributed by atoms with Crippen LogP contribution in [-0.2, 0) is 6.54 Å². The maximum atomic E-state index is 6.04. The summed E-state index contributed by atoms with van der Waals surface area (Å²) in [5, 5.41) is 0. The first-order valence-electron chi connectivity index (χ1n) is 9.78. The third-order valence-corrected chi connectivity index (χ3v) is 5.35. The minimum absolute atomic E-state index is 0.529. The first-order chi connectivity index (χ1) is 13.6. The van der Waals surface area contributed by atoms with Gasteiger partial charge in [0, 0.05) is 18.3 Å². The van der Waals surface area contributed by atoms with Crippen LogP contribution in [0.3, 0.4) is 0 Å². The van der Waals surface area contributed by atoms with Crippen LogP contribution in [0.25, 0.3) is 16.6 Å². The summed E-state index contributed by atoms with van der Waals surface area (Å²) in [5.41, 5.74) is 4.38. The third kappa shape index (κ3) is 3.99. The Kier molecular flexibility index (Phi) is 5.26. The lowest BCUT2D eigenvalue weighted by Gasteiger charge is -2.21. The summed E-state index contributed by atoms with van der Waals surface area (Å²) in [4.78, 5) is 14.7. The summed E-state index contributed by atoms with van der Waals surface area (Å²) in [6.45, 7) is 6.00. The van der Waals surface area contributed by atoms with Crippen molar-refractivity contribution >= 4 is 22.8 Å². The van der Waals surface area contributed by atoms with Crippen molar-refractivity contribution < 1.29 is 4.74 Å². The molecule has 144 valence electrons. The van der Waals surface area contributed by atoms with Crippen LogP contribution in [0, 0.1) is 0 Å². The van der Waals surface area contributed by atoms with E-state index in [0.717, 1.165) is 47.9 Å². The van der Waals surface area contributed by atoms with Crippen molar-refractivity contribution in [3.63, 3.8) is 0 Å². The Labute approximate surface area is 165 Å². The first kappa shape index (κ1) is 18.4. The van der Waals surface area contributed by atoms with E-state index in [2.05, 4.69) is 54.0 Å². The van der Waals surface area contributed by atoms with Crippen LogP contribution in [0.1, 0.15) is 31.7 Å². The highest BCUT2D eigenvalue weighted by molar-refractivity contribution is 5.89. The minimum atomic E-state index is 0.529. The van der Waals surface area contributed by atoms with Crippen LogP contribution < -0.4 is 4.74 Å². The number of allylic oxidation sites excluding steroid dienone is 1. The summed E-state index contributed by atoms with van der Waals surface area (Å²) < 4.78 is 6.04. The van der Waals surface area contributed by atoms with Gasteiger partial charge in [-0.3, -0.25) is 9.89 Å². The number of ether oxygens (including phenoxy) is 1. The lowest BCUT2D eigenvalue weighted by atomic mass is 10.1. The second-order valence-electron chi connectivity index (χ2n) is 7.34. The van der Waals surface area contributed by atoms with E-state index in [1.54, 1.807) is 0 Å². The Morgan fingerprint density at radius 1 is 1.14 bits per heavy atom. The fraction of sp³-hybridized carbons (Fsp3) is 0.304. The summed E-state index contributed by atoms with van der Waals surface area (Å²) >= 11 is 0. The number of H-pyrrole nitrogens is 1. The van der Waals surface area contributed by atoms with Crippen molar-refractivity contribution in [2.45, 2.75) is 32.9 Å². The molecule has 5 heteroatoms. The van der Waals surface area contributed by atoms with E-state index >= 15 is 0 Å². The summed E-state index contributed by atoms with van der Waals surface area (Å²) in [6.07, 6.45) is 5.03.